The first kappa shape index (κ1) is 28.1. The number of hydrogen-bond acceptors (Lipinski definition) is 7. The second-order valence-corrected chi connectivity index (χ2v) is 12.3. The number of aryl methyl sites for hydroxylation is 1. The topological polar surface area (TPSA) is 109 Å². The highest BCUT2D eigenvalue weighted by atomic mass is 79.9. The van der Waals surface area contributed by atoms with Crippen molar-refractivity contribution < 1.29 is 14.7 Å². The highest BCUT2D eigenvalue weighted by Crippen LogP contribution is 2.38. The maximum absolute atomic E-state index is 13.3. The summed E-state index contributed by atoms with van der Waals surface area (Å²) in [5.41, 5.74) is 3.17. The SMILES string of the molecule is C=CCn1c(SCC(=O)Nc2sc3c(c2C(=O)NCc2ccccc2)CCCC3)nnc1-c1cc(Br)ccc1O. The fraction of sp³-hybridized carbons (Fsp3) is 0.241. The Hall–Kier alpha value is -3.41. The maximum Gasteiger partial charge on any atom is 0.254 e. The number of benzene rings is 2. The number of amides is 2. The van der Waals surface area contributed by atoms with Gasteiger partial charge >= 0.3 is 0 Å². The summed E-state index contributed by atoms with van der Waals surface area (Å²) >= 11 is 6.16. The first-order chi connectivity index (χ1) is 19.4. The first-order valence-corrected chi connectivity index (χ1v) is 15.5. The molecule has 5 rings (SSSR count). The molecule has 40 heavy (non-hydrogen) atoms. The van der Waals surface area contributed by atoms with Gasteiger partial charge in [-0.3, -0.25) is 14.2 Å². The third-order valence-corrected chi connectivity index (χ3v) is 9.17. The molecule has 11 heteroatoms. The van der Waals surface area contributed by atoms with Gasteiger partial charge in [-0.2, -0.15) is 0 Å². The van der Waals surface area contributed by atoms with Crippen molar-refractivity contribution in [2.24, 2.45) is 0 Å². The maximum atomic E-state index is 13.3. The molecule has 0 bridgehead atoms. The van der Waals surface area contributed by atoms with Crippen LogP contribution in [0.1, 0.15) is 39.2 Å². The van der Waals surface area contributed by atoms with Gasteiger partial charge in [-0.1, -0.05) is 64.1 Å². The Morgan fingerprint density at radius 1 is 1.15 bits per heavy atom. The molecule has 8 nitrogen and oxygen atoms in total. The number of halogens is 1. The molecule has 0 radical (unpaired) electrons. The molecule has 2 heterocycles. The van der Waals surface area contributed by atoms with E-state index in [2.05, 4.69) is 43.3 Å². The van der Waals surface area contributed by atoms with Crippen LogP contribution < -0.4 is 10.6 Å². The van der Waals surface area contributed by atoms with Crippen molar-refractivity contribution in [1.29, 1.82) is 0 Å². The molecule has 2 aromatic heterocycles. The Morgan fingerprint density at radius 2 is 1.95 bits per heavy atom. The van der Waals surface area contributed by atoms with E-state index < -0.39 is 0 Å². The number of aromatic hydroxyl groups is 1. The predicted octanol–water partition coefficient (Wildman–Crippen LogP) is 6.20. The van der Waals surface area contributed by atoms with E-state index in [1.54, 1.807) is 28.8 Å². The lowest BCUT2D eigenvalue weighted by Crippen LogP contribution is -2.25. The van der Waals surface area contributed by atoms with Crippen LogP contribution in [0, 0.1) is 0 Å². The minimum atomic E-state index is -0.235. The quantitative estimate of drug-likeness (QED) is 0.141. The lowest BCUT2D eigenvalue weighted by Gasteiger charge is -2.13. The number of anilines is 1. The lowest BCUT2D eigenvalue weighted by atomic mass is 9.95. The number of carbonyl (C=O) groups is 2. The van der Waals surface area contributed by atoms with Gasteiger partial charge in [0, 0.05) is 22.4 Å². The van der Waals surface area contributed by atoms with Crippen molar-refractivity contribution in [3.05, 3.63) is 87.2 Å². The van der Waals surface area contributed by atoms with Crippen molar-refractivity contribution in [3.63, 3.8) is 0 Å². The standard InChI is InChI=1S/C29H28BrN5O3S2/c1-2-14-35-26(21-15-19(30)12-13-22(21)36)33-34-29(35)39-17-24(37)32-28-25(20-10-6-7-11-23(20)40-28)27(38)31-16-18-8-4-3-5-9-18/h2-5,8-9,12-13,15,36H,1,6-7,10-11,14,16-17H2,(H,31,38)(H,32,37). The Labute approximate surface area is 249 Å². The molecule has 2 amide bonds. The van der Waals surface area contributed by atoms with E-state index in [0.717, 1.165) is 41.3 Å². The summed E-state index contributed by atoms with van der Waals surface area (Å²) in [5, 5.41) is 26.1. The van der Waals surface area contributed by atoms with Crippen LogP contribution >= 0.6 is 39.0 Å². The molecule has 0 unspecified atom stereocenters. The Morgan fingerprint density at radius 3 is 2.75 bits per heavy atom. The summed E-state index contributed by atoms with van der Waals surface area (Å²) in [4.78, 5) is 27.6. The number of carbonyl (C=O) groups excluding carboxylic acids is 2. The minimum Gasteiger partial charge on any atom is -0.507 e. The highest BCUT2D eigenvalue weighted by molar-refractivity contribution is 9.10. The van der Waals surface area contributed by atoms with Gasteiger partial charge in [0.15, 0.2) is 11.0 Å². The van der Waals surface area contributed by atoms with Crippen LogP contribution in [-0.4, -0.2) is 37.4 Å². The van der Waals surface area contributed by atoms with Gasteiger partial charge < -0.3 is 15.7 Å². The molecule has 0 fully saturated rings. The average molecular weight is 639 g/mol. The molecule has 0 aliphatic heterocycles. The average Bonchev–Trinajstić information content (AvgIpc) is 3.53. The second kappa shape index (κ2) is 12.8. The van der Waals surface area contributed by atoms with Crippen LogP contribution in [0.2, 0.25) is 0 Å². The predicted molar refractivity (Wildman–Crippen MR) is 163 cm³/mol. The van der Waals surface area contributed by atoms with Crippen molar-refractivity contribution in [1.82, 2.24) is 20.1 Å². The van der Waals surface area contributed by atoms with Gasteiger partial charge in [0.05, 0.1) is 16.9 Å². The van der Waals surface area contributed by atoms with E-state index in [-0.39, 0.29) is 23.3 Å². The van der Waals surface area contributed by atoms with Crippen LogP contribution in [0.3, 0.4) is 0 Å². The van der Waals surface area contributed by atoms with Gasteiger partial charge in [0.2, 0.25) is 5.91 Å². The Balaban J connectivity index is 1.31. The van der Waals surface area contributed by atoms with Crippen LogP contribution in [0.4, 0.5) is 5.00 Å². The normalized spacial score (nSPS) is 12.5. The third-order valence-electron chi connectivity index (χ3n) is 6.51. The molecule has 4 aromatic rings. The minimum absolute atomic E-state index is 0.0768. The number of phenolic OH excluding ortho intramolecular Hbond substituents is 1. The summed E-state index contributed by atoms with van der Waals surface area (Å²) in [5.74, 6) is 0.226. The van der Waals surface area contributed by atoms with E-state index in [4.69, 9.17) is 0 Å². The van der Waals surface area contributed by atoms with E-state index in [1.165, 1.54) is 28.0 Å². The largest absolute Gasteiger partial charge is 0.507 e. The monoisotopic (exact) mass is 637 g/mol. The lowest BCUT2D eigenvalue weighted by molar-refractivity contribution is -0.113. The number of allylic oxidation sites excluding steroid dienone is 1. The van der Waals surface area contributed by atoms with Crippen LogP contribution in [-0.2, 0) is 30.7 Å². The molecule has 0 spiro atoms. The second-order valence-electron chi connectivity index (χ2n) is 9.29. The molecule has 206 valence electrons. The van der Waals surface area contributed by atoms with E-state index in [9.17, 15) is 14.7 Å². The highest BCUT2D eigenvalue weighted by Gasteiger charge is 2.26. The van der Waals surface area contributed by atoms with Crippen molar-refractivity contribution in [2.75, 3.05) is 11.1 Å². The van der Waals surface area contributed by atoms with E-state index in [0.29, 0.717) is 40.2 Å². The van der Waals surface area contributed by atoms with Crippen LogP contribution in [0.15, 0.2) is 70.8 Å². The van der Waals surface area contributed by atoms with Gasteiger partial charge in [-0.05, 0) is 55.0 Å². The van der Waals surface area contributed by atoms with Crippen LogP contribution in [0.5, 0.6) is 5.75 Å². The zero-order valence-electron chi connectivity index (χ0n) is 21.7. The fourth-order valence-corrected chi connectivity index (χ4v) is 7.04. The molecular formula is C29H28BrN5O3S2. The molecule has 0 atom stereocenters. The van der Waals surface area contributed by atoms with Gasteiger partial charge in [0.25, 0.3) is 5.91 Å². The van der Waals surface area contributed by atoms with E-state index >= 15 is 0 Å². The zero-order valence-corrected chi connectivity index (χ0v) is 24.9. The molecule has 0 saturated carbocycles. The van der Waals surface area contributed by atoms with Gasteiger partial charge in [0.1, 0.15) is 10.8 Å². The van der Waals surface area contributed by atoms with Crippen molar-refractivity contribution in [2.45, 2.75) is 43.9 Å². The first-order valence-electron chi connectivity index (χ1n) is 12.9. The van der Waals surface area contributed by atoms with Crippen LogP contribution in [0.25, 0.3) is 11.4 Å². The van der Waals surface area contributed by atoms with Gasteiger partial charge in [-0.15, -0.1) is 28.1 Å². The number of nitrogens with zero attached hydrogens (tertiary/aromatic N) is 3. The zero-order chi connectivity index (χ0) is 28.1. The van der Waals surface area contributed by atoms with E-state index in [1.807, 2.05) is 30.3 Å². The molecule has 2 aromatic carbocycles. The Kier molecular flexibility index (Phi) is 9.03. The third kappa shape index (κ3) is 6.32. The summed E-state index contributed by atoms with van der Waals surface area (Å²) in [7, 11) is 0. The smallest absolute Gasteiger partial charge is 0.254 e. The molecule has 1 aliphatic rings. The number of thioether (sulfide) groups is 1. The molecule has 0 saturated heterocycles. The summed E-state index contributed by atoms with van der Waals surface area (Å²) in [6.07, 6.45) is 5.57. The number of rotatable bonds is 10. The van der Waals surface area contributed by atoms with Crippen molar-refractivity contribution >= 4 is 55.8 Å². The fourth-order valence-electron chi connectivity index (χ4n) is 4.63. The summed E-state index contributed by atoms with van der Waals surface area (Å²) in [6.45, 7) is 4.65. The number of nitrogens with one attached hydrogen (secondary N) is 2. The molecular weight excluding hydrogens is 610 g/mol. The number of phenols is 1. The molecule has 1 aliphatic carbocycles. The summed E-state index contributed by atoms with van der Waals surface area (Å²) < 4.78 is 2.60. The Bertz CT molecular complexity index is 1550. The number of thiophene rings is 1. The molecule has 3 N–H and O–H groups in total. The number of hydrogen-bond donors (Lipinski definition) is 3. The summed E-state index contributed by atoms with van der Waals surface area (Å²) in [6, 6.07) is 14.9. The van der Waals surface area contributed by atoms with Crippen molar-refractivity contribution in [3.8, 4) is 17.1 Å². The van der Waals surface area contributed by atoms with Gasteiger partial charge in [-0.25, -0.2) is 0 Å². The number of aromatic nitrogens is 3. The number of fused-ring (bicyclic) bond motifs is 1.